The number of guanidine groups is 1. The molecule has 3 rings (SSSR count). The minimum Gasteiger partial charge on any atom is -0.467 e. The minimum atomic E-state index is 0.525. The van der Waals surface area contributed by atoms with E-state index in [0.717, 1.165) is 42.6 Å². The van der Waals surface area contributed by atoms with Crippen molar-refractivity contribution in [2.24, 2.45) is 4.99 Å². The number of imidazole rings is 1. The Bertz CT molecular complexity index is 727. The van der Waals surface area contributed by atoms with Crippen LogP contribution in [0.1, 0.15) is 18.4 Å². The SMILES string of the molecule is CCNC(=NCc1ccco1)NCCc1cn2ccccc2n1. The van der Waals surface area contributed by atoms with Crippen molar-refractivity contribution in [2.45, 2.75) is 19.9 Å². The predicted octanol–water partition coefficient (Wildman–Crippen LogP) is 2.23. The molecule has 0 radical (unpaired) electrons. The molecule has 0 aliphatic carbocycles. The van der Waals surface area contributed by atoms with Gasteiger partial charge in [0, 0.05) is 31.9 Å². The van der Waals surface area contributed by atoms with E-state index < -0.39 is 0 Å². The zero-order valence-electron chi connectivity index (χ0n) is 13.2. The molecule has 2 N–H and O–H groups in total. The van der Waals surface area contributed by atoms with Gasteiger partial charge in [-0.25, -0.2) is 9.98 Å². The van der Waals surface area contributed by atoms with Crippen LogP contribution in [0.3, 0.4) is 0 Å². The molecule has 6 nitrogen and oxygen atoms in total. The number of furan rings is 1. The van der Waals surface area contributed by atoms with E-state index in [0.29, 0.717) is 6.54 Å². The number of aliphatic imine (C=N–C) groups is 1. The van der Waals surface area contributed by atoms with E-state index >= 15 is 0 Å². The summed E-state index contributed by atoms with van der Waals surface area (Å²) in [5, 5.41) is 6.55. The Hall–Kier alpha value is -2.76. The number of fused-ring (bicyclic) bond motifs is 1. The second kappa shape index (κ2) is 7.49. The van der Waals surface area contributed by atoms with Crippen molar-refractivity contribution in [3.63, 3.8) is 0 Å². The van der Waals surface area contributed by atoms with Crippen LogP contribution in [0.4, 0.5) is 0 Å². The lowest BCUT2D eigenvalue weighted by molar-refractivity contribution is 0.512. The summed E-state index contributed by atoms with van der Waals surface area (Å²) in [6.45, 7) is 4.16. The lowest BCUT2D eigenvalue weighted by Gasteiger charge is -2.10. The molecule has 0 saturated carbocycles. The van der Waals surface area contributed by atoms with Gasteiger partial charge < -0.3 is 19.5 Å². The van der Waals surface area contributed by atoms with E-state index in [1.54, 1.807) is 6.26 Å². The van der Waals surface area contributed by atoms with Crippen LogP contribution < -0.4 is 10.6 Å². The summed E-state index contributed by atoms with van der Waals surface area (Å²) in [6, 6.07) is 9.79. The van der Waals surface area contributed by atoms with E-state index in [1.165, 1.54) is 0 Å². The summed E-state index contributed by atoms with van der Waals surface area (Å²) in [7, 11) is 0. The first kappa shape index (κ1) is 15.1. The van der Waals surface area contributed by atoms with Gasteiger partial charge in [0.1, 0.15) is 18.0 Å². The summed E-state index contributed by atoms with van der Waals surface area (Å²) in [5.41, 5.74) is 2.03. The van der Waals surface area contributed by atoms with Crippen LogP contribution in [-0.2, 0) is 13.0 Å². The standard InChI is InChI=1S/C17H21N5O/c1-2-18-17(20-12-15-6-5-11-23-15)19-9-8-14-13-22-10-4-3-7-16(22)21-14/h3-7,10-11,13H,2,8-9,12H2,1H3,(H2,18,19,20). The molecule has 0 fully saturated rings. The molecule has 3 aromatic rings. The normalized spacial score (nSPS) is 11.8. The maximum Gasteiger partial charge on any atom is 0.191 e. The highest BCUT2D eigenvalue weighted by molar-refractivity contribution is 5.79. The maximum atomic E-state index is 5.29. The number of nitrogens with one attached hydrogen (secondary N) is 2. The monoisotopic (exact) mass is 311 g/mol. The fourth-order valence-electron chi connectivity index (χ4n) is 2.32. The molecule has 0 amide bonds. The van der Waals surface area contributed by atoms with Crippen LogP contribution in [0.15, 0.2) is 58.4 Å². The van der Waals surface area contributed by atoms with Gasteiger partial charge in [-0.1, -0.05) is 6.07 Å². The van der Waals surface area contributed by atoms with E-state index in [9.17, 15) is 0 Å². The molecule has 0 aliphatic rings. The van der Waals surface area contributed by atoms with Gasteiger partial charge in [0.15, 0.2) is 5.96 Å². The van der Waals surface area contributed by atoms with Crippen LogP contribution in [0.25, 0.3) is 5.65 Å². The highest BCUT2D eigenvalue weighted by Crippen LogP contribution is 2.04. The molecule has 120 valence electrons. The number of pyridine rings is 1. The number of rotatable bonds is 6. The van der Waals surface area contributed by atoms with E-state index in [4.69, 9.17) is 4.42 Å². The third-order valence-corrected chi connectivity index (χ3v) is 3.40. The third-order valence-electron chi connectivity index (χ3n) is 3.40. The van der Waals surface area contributed by atoms with Crippen molar-refractivity contribution in [2.75, 3.05) is 13.1 Å². The van der Waals surface area contributed by atoms with Crippen LogP contribution in [0.5, 0.6) is 0 Å². The van der Waals surface area contributed by atoms with Gasteiger partial charge in [0.05, 0.1) is 12.0 Å². The van der Waals surface area contributed by atoms with Crippen molar-refractivity contribution >= 4 is 11.6 Å². The molecular weight excluding hydrogens is 290 g/mol. The molecule has 23 heavy (non-hydrogen) atoms. The molecule has 6 heteroatoms. The zero-order chi connectivity index (χ0) is 15.9. The first-order valence-corrected chi connectivity index (χ1v) is 7.82. The Morgan fingerprint density at radius 2 is 2.22 bits per heavy atom. The van der Waals surface area contributed by atoms with Crippen LogP contribution >= 0.6 is 0 Å². The van der Waals surface area contributed by atoms with Crippen molar-refractivity contribution in [1.29, 1.82) is 0 Å². The first-order chi connectivity index (χ1) is 11.3. The highest BCUT2D eigenvalue weighted by Gasteiger charge is 2.02. The second-order valence-corrected chi connectivity index (χ2v) is 5.15. The number of hydrogen-bond acceptors (Lipinski definition) is 3. The lowest BCUT2D eigenvalue weighted by atomic mass is 10.3. The van der Waals surface area contributed by atoms with Gasteiger partial charge >= 0.3 is 0 Å². The Morgan fingerprint density at radius 3 is 3.00 bits per heavy atom. The molecular formula is C17H21N5O. The van der Waals surface area contributed by atoms with Crippen molar-refractivity contribution in [3.8, 4) is 0 Å². The van der Waals surface area contributed by atoms with Crippen LogP contribution in [0.2, 0.25) is 0 Å². The Kier molecular flexibility index (Phi) is 4.93. The van der Waals surface area contributed by atoms with Gasteiger partial charge in [-0.15, -0.1) is 0 Å². The van der Waals surface area contributed by atoms with Crippen LogP contribution in [-0.4, -0.2) is 28.4 Å². The van der Waals surface area contributed by atoms with Gasteiger partial charge in [-0.2, -0.15) is 0 Å². The van der Waals surface area contributed by atoms with Crippen molar-refractivity contribution in [3.05, 3.63) is 60.4 Å². The fraction of sp³-hybridized carbons (Fsp3) is 0.294. The summed E-state index contributed by atoms with van der Waals surface area (Å²) in [5.74, 6) is 1.63. The fourth-order valence-corrected chi connectivity index (χ4v) is 2.32. The summed E-state index contributed by atoms with van der Waals surface area (Å²) in [4.78, 5) is 9.09. The van der Waals surface area contributed by atoms with E-state index in [2.05, 4.69) is 26.8 Å². The molecule has 0 aromatic carbocycles. The molecule has 0 saturated heterocycles. The van der Waals surface area contributed by atoms with Gasteiger partial charge in [-0.05, 0) is 31.2 Å². The minimum absolute atomic E-state index is 0.525. The summed E-state index contributed by atoms with van der Waals surface area (Å²) in [6.07, 6.45) is 6.57. The molecule has 0 aliphatic heterocycles. The molecule has 0 atom stereocenters. The Balaban J connectivity index is 1.54. The molecule has 3 heterocycles. The molecule has 0 unspecified atom stereocenters. The Morgan fingerprint density at radius 1 is 1.26 bits per heavy atom. The summed E-state index contributed by atoms with van der Waals surface area (Å²) < 4.78 is 7.33. The quantitative estimate of drug-likeness (QED) is 0.541. The molecule has 0 bridgehead atoms. The highest BCUT2D eigenvalue weighted by atomic mass is 16.3. The smallest absolute Gasteiger partial charge is 0.191 e. The van der Waals surface area contributed by atoms with E-state index in [-0.39, 0.29) is 0 Å². The van der Waals surface area contributed by atoms with Crippen molar-refractivity contribution < 1.29 is 4.42 Å². The number of nitrogens with zero attached hydrogens (tertiary/aromatic N) is 3. The maximum absolute atomic E-state index is 5.29. The van der Waals surface area contributed by atoms with Gasteiger partial charge in [0.25, 0.3) is 0 Å². The predicted molar refractivity (Wildman–Crippen MR) is 90.4 cm³/mol. The number of aromatic nitrogens is 2. The second-order valence-electron chi connectivity index (χ2n) is 5.15. The lowest BCUT2D eigenvalue weighted by Crippen LogP contribution is -2.38. The molecule has 3 aromatic heterocycles. The first-order valence-electron chi connectivity index (χ1n) is 7.82. The largest absolute Gasteiger partial charge is 0.467 e. The van der Waals surface area contributed by atoms with E-state index in [1.807, 2.05) is 47.9 Å². The summed E-state index contributed by atoms with van der Waals surface area (Å²) >= 11 is 0. The molecule has 0 spiro atoms. The Labute approximate surface area is 135 Å². The van der Waals surface area contributed by atoms with Crippen molar-refractivity contribution in [1.82, 2.24) is 20.0 Å². The average molecular weight is 311 g/mol. The van der Waals surface area contributed by atoms with Gasteiger partial charge in [0.2, 0.25) is 0 Å². The van der Waals surface area contributed by atoms with Crippen LogP contribution in [0, 0.1) is 0 Å². The zero-order valence-corrected chi connectivity index (χ0v) is 13.2. The number of hydrogen-bond donors (Lipinski definition) is 2. The third kappa shape index (κ3) is 4.12. The topological polar surface area (TPSA) is 66.9 Å². The average Bonchev–Trinajstić information content (AvgIpc) is 3.21. The van der Waals surface area contributed by atoms with Gasteiger partial charge in [-0.3, -0.25) is 0 Å².